The van der Waals surface area contributed by atoms with Crippen LogP contribution in [-0.2, 0) is 11.3 Å². The van der Waals surface area contributed by atoms with Gasteiger partial charge in [-0.15, -0.1) is 0 Å². The third-order valence-electron chi connectivity index (χ3n) is 6.10. The highest BCUT2D eigenvalue weighted by Gasteiger charge is 2.46. The fourth-order valence-electron chi connectivity index (χ4n) is 4.44. The van der Waals surface area contributed by atoms with Crippen molar-refractivity contribution in [3.05, 3.63) is 93.8 Å². The van der Waals surface area contributed by atoms with E-state index in [1.807, 2.05) is 18.2 Å². The van der Waals surface area contributed by atoms with Crippen LogP contribution in [0.25, 0.3) is 11.0 Å². The minimum atomic E-state index is -0.984. The number of benzene rings is 2. The first-order valence-corrected chi connectivity index (χ1v) is 11.4. The Morgan fingerprint density at radius 1 is 1.06 bits per heavy atom. The van der Waals surface area contributed by atoms with E-state index >= 15 is 0 Å². The van der Waals surface area contributed by atoms with Crippen LogP contribution >= 0.6 is 11.6 Å². The molecule has 0 saturated heterocycles. The van der Waals surface area contributed by atoms with Crippen molar-refractivity contribution < 1.29 is 33.0 Å². The number of nitrogens with zero attached hydrogens (tertiary/aromatic N) is 1. The molecule has 1 aliphatic rings. The number of methoxy groups -OCH3 is 2. The number of Topliss-reactive ketones (excluding diaryl/α,β-unsaturated/α-hetero) is 1. The third-order valence-corrected chi connectivity index (χ3v) is 6.32. The molecule has 9 heteroatoms. The number of furan rings is 2. The van der Waals surface area contributed by atoms with Crippen molar-refractivity contribution in [2.24, 2.45) is 0 Å². The number of ketones is 1. The number of aryl methyl sites for hydroxylation is 1. The van der Waals surface area contributed by atoms with Crippen LogP contribution in [0.15, 0.2) is 74.8 Å². The average molecular weight is 508 g/mol. The molecular formula is C27H22ClNO7. The van der Waals surface area contributed by atoms with Gasteiger partial charge in [0.2, 0.25) is 5.78 Å². The van der Waals surface area contributed by atoms with Gasteiger partial charge in [-0.25, -0.2) is 0 Å². The molecule has 1 N–H and O–H groups in total. The number of hydrogen-bond donors (Lipinski definition) is 1. The summed E-state index contributed by atoms with van der Waals surface area (Å²) in [5.41, 5.74) is 0.880. The van der Waals surface area contributed by atoms with Gasteiger partial charge in [0.1, 0.15) is 23.3 Å². The van der Waals surface area contributed by atoms with Crippen molar-refractivity contribution in [1.29, 1.82) is 0 Å². The molecule has 8 nitrogen and oxygen atoms in total. The van der Waals surface area contributed by atoms with Gasteiger partial charge >= 0.3 is 0 Å². The van der Waals surface area contributed by atoms with Gasteiger partial charge in [-0.2, -0.15) is 0 Å². The molecule has 4 aromatic rings. The molecule has 0 bridgehead atoms. The summed E-state index contributed by atoms with van der Waals surface area (Å²) in [5, 5.41) is 11.9. The molecule has 2 aromatic heterocycles. The van der Waals surface area contributed by atoms with Gasteiger partial charge in [0, 0.05) is 22.0 Å². The van der Waals surface area contributed by atoms with Crippen molar-refractivity contribution in [3.63, 3.8) is 0 Å². The number of carbonyl (C=O) groups is 2. The van der Waals surface area contributed by atoms with Crippen LogP contribution in [0.2, 0.25) is 5.02 Å². The largest absolute Gasteiger partial charge is 0.503 e. The van der Waals surface area contributed by atoms with E-state index in [1.54, 1.807) is 37.3 Å². The van der Waals surface area contributed by atoms with E-state index < -0.39 is 23.5 Å². The third kappa shape index (κ3) is 3.89. The lowest BCUT2D eigenvalue weighted by molar-refractivity contribution is -0.130. The quantitative estimate of drug-likeness (QED) is 0.316. The van der Waals surface area contributed by atoms with Crippen LogP contribution in [-0.4, -0.2) is 35.9 Å². The molecule has 184 valence electrons. The lowest BCUT2D eigenvalue weighted by Gasteiger charge is -2.25. The zero-order valence-electron chi connectivity index (χ0n) is 19.7. The van der Waals surface area contributed by atoms with Gasteiger partial charge in [0.05, 0.1) is 26.3 Å². The summed E-state index contributed by atoms with van der Waals surface area (Å²) >= 11 is 6.16. The summed E-state index contributed by atoms with van der Waals surface area (Å²) in [7, 11) is 2.99. The second-order valence-electron chi connectivity index (χ2n) is 8.32. The lowest BCUT2D eigenvalue weighted by Crippen LogP contribution is -2.30. The monoisotopic (exact) mass is 507 g/mol. The summed E-state index contributed by atoms with van der Waals surface area (Å²) < 4.78 is 22.4. The Labute approximate surface area is 211 Å². The molecule has 36 heavy (non-hydrogen) atoms. The minimum Gasteiger partial charge on any atom is -0.503 e. The first kappa shape index (κ1) is 23.6. The maximum Gasteiger partial charge on any atom is 0.290 e. The van der Waals surface area contributed by atoms with Crippen LogP contribution in [0, 0.1) is 6.92 Å². The number of amides is 1. The van der Waals surface area contributed by atoms with E-state index in [0.717, 1.165) is 0 Å². The first-order chi connectivity index (χ1) is 17.3. The van der Waals surface area contributed by atoms with E-state index in [4.69, 9.17) is 29.9 Å². The average Bonchev–Trinajstić information content (AvgIpc) is 3.56. The van der Waals surface area contributed by atoms with E-state index in [2.05, 4.69) is 0 Å². The molecule has 0 spiro atoms. The molecule has 3 heterocycles. The number of aliphatic hydroxyl groups is 1. The second-order valence-corrected chi connectivity index (χ2v) is 8.76. The zero-order valence-corrected chi connectivity index (χ0v) is 20.5. The Kier molecular flexibility index (Phi) is 5.97. The van der Waals surface area contributed by atoms with Gasteiger partial charge in [-0.1, -0.05) is 29.8 Å². The number of hydrogen-bond acceptors (Lipinski definition) is 7. The van der Waals surface area contributed by atoms with Crippen molar-refractivity contribution >= 4 is 34.3 Å². The molecule has 1 aliphatic heterocycles. The van der Waals surface area contributed by atoms with Crippen molar-refractivity contribution in [3.8, 4) is 11.5 Å². The summed E-state index contributed by atoms with van der Waals surface area (Å²) in [5.74, 6) is -0.257. The highest BCUT2D eigenvalue weighted by Crippen LogP contribution is 2.42. The van der Waals surface area contributed by atoms with Gasteiger partial charge in [-0.05, 0) is 37.3 Å². The van der Waals surface area contributed by atoms with Crippen LogP contribution in [0.5, 0.6) is 11.5 Å². The topological polar surface area (TPSA) is 102 Å². The van der Waals surface area contributed by atoms with E-state index in [-0.39, 0.29) is 17.9 Å². The Balaban J connectivity index is 1.60. The van der Waals surface area contributed by atoms with Gasteiger partial charge < -0.3 is 28.3 Å². The normalized spacial score (nSPS) is 15.7. The minimum absolute atomic E-state index is 0.0671. The lowest BCUT2D eigenvalue weighted by atomic mass is 9.99. The summed E-state index contributed by atoms with van der Waals surface area (Å²) in [4.78, 5) is 28.4. The van der Waals surface area contributed by atoms with Gasteiger partial charge in [0.15, 0.2) is 22.9 Å². The van der Waals surface area contributed by atoms with E-state index in [0.29, 0.717) is 44.6 Å². The number of fused-ring (bicyclic) bond motifs is 1. The molecule has 0 fully saturated rings. The predicted octanol–water partition coefficient (Wildman–Crippen LogP) is 5.78. The molecular weight excluding hydrogens is 486 g/mol. The standard InChI is InChI=1S/C27H22ClNO7/c1-14-8-9-19(35-14)23-22(24(30)20-11-16-10-17(28)12-21(34-3)26(16)36-20)25(31)27(32)29(23)13-15-6-4-5-7-18(15)33-2/h4-12,23,31H,13H2,1-3H3. The number of ether oxygens (including phenoxy) is 2. The van der Waals surface area contributed by atoms with Crippen molar-refractivity contribution in [2.75, 3.05) is 14.2 Å². The van der Waals surface area contributed by atoms with E-state index in [9.17, 15) is 14.7 Å². The number of halogens is 1. The van der Waals surface area contributed by atoms with Gasteiger partial charge in [-0.3, -0.25) is 9.59 Å². The SMILES string of the molecule is COc1ccccc1CN1C(=O)C(O)=C(C(=O)c2cc3cc(Cl)cc(OC)c3o2)C1c1ccc(C)o1. The Morgan fingerprint density at radius 3 is 2.50 bits per heavy atom. The van der Waals surface area contributed by atoms with Crippen LogP contribution in [0.1, 0.15) is 33.7 Å². The number of rotatable bonds is 7. The van der Waals surface area contributed by atoms with Crippen molar-refractivity contribution in [2.45, 2.75) is 19.5 Å². The van der Waals surface area contributed by atoms with E-state index in [1.165, 1.54) is 25.2 Å². The highest BCUT2D eigenvalue weighted by atomic mass is 35.5. The Bertz CT molecular complexity index is 1530. The molecule has 1 unspecified atom stereocenters. The molecule has 1 amide bonds. The summed E-state index contributed by atoms with van der Waals surface area (Å²) in [6.45, 7) is 1.82. The first-order valence-electron chi connectivity index (χ1n) is 11.1. The summed E-state index contributed by atoms with van der Waals surface area (Å²) in [6.07, 6.45) is 0. The smallest absolute Gasteiger partial charge is 0.290 e. The number of aliphatic hydroxyl groups excluding tert-OH is 1. The molecule has 5 rings (SSSR count). The second kappa shape index (κ2) is 9.13. The Morgan fingerprint density at radius 2 is 1.81 bits per heavy atom. The number of carbonyl (C=O) groups excluding carboxylic acids is 2. The molecule has 0 saturated carbocycles. The predicted molar refractivity (Wildman–Crippen MR) is 131 cm³/mol. The maximum atomic E-state index is 13.7. The van der Waals surface area contributed by atoms with Crippen LogP contribution in [0.3, 0.4) is 0 Å². The molecule has 0 aliphatic carbocycles. The summed E-state index contributed by atoms with van der Waals surface area (Å²) in [6, 6.07) is 14.3. The fourth-order valence-corrected chi connectivity index (χ4v) is 4.66. The van der Waals surface area contributed by atoms with Crippen LogP contribution in [0.4, 0.5) is 0 Å². The van der Waals surface area contributed by atoms with Gasteiger partial charge in [0.25, 0.3) is 5.91 Å². The molecule has 1 atom stereocenters. The highest BCUT2D eigenvalue weighted by molar-refractivity contribution is 6.31. The molecule has 2 aromatic carbocycles. The van der Waals surface area contributed by atoms with Crippen molar-refractivity contribution in [1.82, 2.24) is 4.90 Å². The Hall–Kier alpha value is -4.17. The maximum absolute atomic E-state index is 13.7. The zero-order chi connectivity index (χ0) is 25.6. The van der Waals surface area contributed by atoms with Crippen LogP contribution < -0.4 is 9.47 Å². The molecule has 0 radical (unpaired) electrons. The fraction of sp³-hybridized carbons (Fsp3) is 0.185. The number of para-hydroxylation sites is 1.